The van der Waals surface area contributed by atoms with Gasteiger partial charge in [0.2, 0.25) is 0 Å². The second-order valence-corrected chi connectivity index (χ2v) is 9.86. The zero-order valence-corrected chi connectivity index (χ0v) is 17.5. The lowest BCUT2D eigenvalue weighted by Crippen LogP contribution is -2.58. The quantitative estimate of drug-likeness (QED) is 0.427. The Balaban J connectivity index is 1.49. The second kappa shape index (κ2) is 6.14. The summed E-state index contributed by atoms with van der Waals surface area (Å²) in [7, 11) is 0. The van der Waals surface area contributed by atoms with Crippen LogP contribution in [0.3, 0.4) is 0 Å². The molecule has 2 amide bonds. The molecule has 5 rings (SSSR count). The highest BCUT2D eigenvalue weighted by Gasteiger charge is 2.63. The molecule has 6 nitrogen and oxygen atoms in total. The molecule has 2 aliphatic carbocycles. The van der Waals surface area contributed by atoms with Gasteiger partial charge < -0.3 is 9.15 Å². The second-order valence-electron chi connectivity index (χ2n) is 9.86. The van der Waals surface area contributed by atoms with Crippen LogP contribution in [0.25, 0.3) is 0 Å². The van der Waals surface area contributed by atoms with Gasteiger partial charge in [-0.05, 0) is 43.4 Å². The Bertz CT molecular complexity index is 1010. The number of carbonyl (C=O) groups is 3. The summed E-state index contributed by atoms with van der Waals surface area (Å²) >= 11 is 0. The Morgan fingerprint density at radius 3 is 2.30 bits per heavy atom. The SMILES string of the molecule is CC12CCC(C1)C(C)(C)C2OC(=O)C[N+]1(c2ccco2)C(=O)c2ccccc2C1=O. The van der Waals surface area contributed by atoms with E-state index in [-0.39, 0.29) is 22.8 Å². The molecule has 1 aliphatic heterocycles. The van der Waals surface area contributed by atoms with Crippen LogP contribution in [-0.2, 0) is 9.53 Å². The molecule has 0 radical (unpaired) electrons. The van der Waals surface area contributed by atoms with Crippen molar-refractivity contribution in [3.05, 3.63) is 53.8 Å². The smallest absolute Gasteiger partial charge is 0.363 e. The van der Waals surface area contributed by atoms with Gasteiger partial charge in [-0.3, -0.25) is 0 Å². The van der Waals surface area contributed by atoms with Crippen LogP contribution in [0.15, 0.2) is 47.1 Å². The van der Waals surface area contributed by atoms with Gasteiger partial charge in [0.05, 0.1) is 17.4 Å². The van der Waals surface area contributed by atoms with E-state index >= 15 is 0 Å². The van der Waals surface area contributed by atoms with E-state index in [1.165, 1.54) is 6.26 Å². The Kier molecular flexibility index (Phi) is 3.94. The van der Waals surface area contributed by atoms with Crippen molar-refractivity contribution >= 4 is 23.7 Å². The van der Waals surface area contributed by atoms with Crippen LogP contribution >= 0.6 is 0 Å². The third-order valence-electron chi connectivity index (χ3n) is 7.72. The van der Waals surface area contributed by atoms with E-state index in [1.807, 2.05) is 0 Å². The summed E-state index contributed by atoms with van der Waals surface area (Å²) in [5, 5.41) is 0. The van der Waals surface area contributed by atoms with E-state index in [0.717, 1.165) is 19.3 Å². The maximum absolute atomic E-state index is 13.4. The van der Waals surface area contributed by atoms with Crippen molar-refractivity contribution in [3.63, 3.8) is 0 Å². The highest BCUT2D eigenvalue weighted by Crippen LogP contribution is 2.63. The number of hydrogen-bond donors (Lipinski definition) is 0. The number of fused-ring (bicyclic) bond motifs is 3. The number of hydrogen-bond acceptors (Lipinski definition) is 5. The minimum absolute atomic E-state index is 0.0542. The maximum atomic E-state index is 13.4. The van der Waals surface area contributed by atoms with Gasteiger partial charge in [-0.2, -0.15) is 0 Å². The molecule has 3 atom stereocenters. The maximum Gasteiger partial charge on any atom is 0.363 e. The molecule has 156 valence electrons. The van der Waals surface area contributed by atoms with Crippen LogP contribution in [-0.4, -0.2) is 30.4 Å². The van der Waals surface area contributed by atoms with Crippen LogP contribution in [0.4, 0.5) is 5.88 Å². The first-order chi connectivity index (χ1) is 14.2. The molecule has 2 bridgehead atoms. The first-order valence-corrected chi connectivity index (χ1v) is 10.5. The molecule has 30 heavy (non-hydrogen) atoms. The summed E-state index contributed by atoms with van der Waals surface area (Å²) in [6, 6.07) is 9.84. The number of carbonyl (C=O) groups excluding carboxylic acids is 3. The van der Waals surface area contributed by atoms with Gasteiger partial charge in [-0.1, -0.05) is 32.9 Å². The van der Waals surface area contributed by atoms with E-state index in [0.29, 0.717) is 17.0 Å². The van der Waals surface area contributed by atoms with Crippen LogP contribution < -0.4 is 4.48 Å². The first-order valence-electron chi connectivity index (χ1n) is 10.5. The number of amides is 2. The fraction of sp³-hybridized carbons (Fsp3) is 0.458. The molecule has 0 N–H and O–H groups in total. The number of ether oxygens (including phenoxy) is 1. The van der Waals surface area contributed by atoms with Crippen LogP contribution in [0.2, 0.25) is 0 Å². The van der Waals surface area contributed by atoms with Gasteiger partial charge in [0.1, 0.15) is 6.10 Å². The third kappa shape index (κ3) is 2.37. The number of benzene rings is 1. The zero-order chi connectivity index (χ0) is 21.3. The average Bonchev–Trinajstić information content (AvgIpc) is 3.45. The Labute approximate surface area is 175 Å². The lowest BCUT2D eigenvalue weighted by Gasteiger charge is -2.41. The van der Waals surface area contributed by atoms with E-state index in [4.69, 9.17) is 9.15 Å². The van der Waals surface area contributed by atoms with Crippen LogP contribution in [0.5, 0.6) is 0 Å². The standard InChI is InChI=1S/C24H26NO5/c1-23(2)15-10-11-24(3,13-15)22(23)30-19(26)14-25(18-9-6-12-29-18)20(27)16-7-4-5-8-17(16)21(25)28/h4-9,12,15,22H,10-11,13-14H2,1-3H3/q+1. The van der Waals surface area contributed by atoms with E-state index in [2.05, 4.69) is 20.8 Å². The summed E-state index contributed by atoms with van der Waals surface area (Å²) in [6.45, 7) is 6.07. The highest BCUT2D eigenvalue weighted by molar-refractivity contribution is 6.30. The van der Waals surface area contributed by atoms with Crippen molar-refractivity contribution < 1.29 is 23.5 Å². The predicted octanol–water partition coefficient (Wildman–Crippen LogP) is 4.34. The topological polar surface area (TPSA) is 73.6 Å². The Hall–Kier alpha value is -2.73. The molecule has 3 aliphatic rings. The molecular weight excluding hydrogens is 382 g/mol. The van der Waals surface area contributed by atoms with Gasteiger partial charge in [0.15, 0.2) is 6.54 Å². The molecular formula is C24H26NO5+. The van der Waals surface area contributed by atoms with Crippen LogP contribution in [0.1, 0.15) is 60.7 Å². The average molecular weight is 408 g/mol. The fourth-order valence-corrected chi connectivity index (χ4v) is 6.18. The Morgan fingerprint density at radius 2 is 1.77 bits per heavy atom. The van der Waals surface area contributed by atoms with Crippen LogP contribution in [0, 0.1) is 16.7 Å². The predicted molar refractivity (Wildman–Crippen MR) is 110 cm³/mol. The summed E-state index contributed by atoms with van der Waals surface area (Å²) in [5.41, 5.74) is 0.430. The van der Waals surface area contributed by atoms with Gasteiger partial charge in [-0.15, -0.1) is 4.48 Å². The lowest BCUT2D eigenvalue weighted by atomic mass is 9.70. The number of quaternary nitrogens is 1. The third-order valence-corrected chi connectivity index (χ3v) is 7.72. The molecule has 2 aromatic rings. The van der Waals surface area contributed by atoms with Crippen molar-refractivity contribution in [3.8, 4) is 0 Å². The van der Waals surface area contributed by atoms with Crippen molar-refractivity contribution in [2.45, 2.75) is 46.1 Å². The Morgan fingerprint density at radius 1 is 1.10 bits per heavy atom. The van der Waals surface area contributed by atoms with Crippen molar-refractivity contribution in [1.82, 2.24) is 4.48 Å². The minimum Gasteiger partial charge on any atom is -0.457 e. The minimum atomic E-state index is -0.821. The monoisotopic (exact) mass is 408 g/mol. The zero-order valence-electron chi connectivity index (χ0n) is 17.5. The van der Waals surface area contributed by atoms with Gasteiger partial charge in [-0.25, -0.2) is 14.4 Å². The molecule has 6 heteroatoms. The fourth-order valence-electron chi connectivity index (χ4n) is 6.18. The summed E-state index contributed by atoms with van der Waals surface area (Å²) < 4.78 is 10.7. The van der Waals surface area contributed by atoms with Crippen molar-refractivity contribution in [2.24, 2.45) is 16.7 Å². The molecule has 1 aromatic heterocycles. The summed E-state index contributed by atoms with van der Waals surface area (Å²) in [4.78, 5) is 40.0. The van der Waals surface area contributed by atoms with Gasteiger partial charge >= 0.3 is 23.7 Å². The molecule has 3 unspecified atom stereocenters. The van der Waals surface area contributed by atoms with E-state index in [1.54, 1.807) is 36.4 Å². The number of furan rings is 1. The van der Waals surface area contributed by atoms with Gasteiger partial charge in [0.25, 0.3) is 0 Å². The molecule has 2 saturated carbocycles. The molecule has 1 aromatic carbocycles. The number of nitrogens with zero attached hydrogens (tertiary/aromatic N) is 1. The summed E-state index contributed by atoms with van der Waals surface area (Å²) in [5.74, 6) is -0.807. The number of imide groups is 1. The number of esters is 1. The van der Waals surface area contributed by atoms with Crippen molar-refractivity contribution in [1.29, 1.82) is 0 Å². The summed E-state index contributed by atoms with van der Waals surface area (Å²) in [6.07, 6.45) is 4.39. The number of rotatable bonds is 4. The lowest BCUT2D eigenvalue weighted by molar-refractivity contribution is -0.164. The highest BCUT2D eigenvalue weighted by atomic mass is 16.5. The van der Waals surface area contributed by atoms with Crippen molar-refractivity contribution in [2.75, 3.05) is 6.54 Å². The van der Waals surface area contributed by atoms with E-state index < -0.39 is 28.8 Å². The normalized spacial score (nSPS) is 30.5. The molecule has 0 saturated heterocycles. The molecule has 2 fully saturated rings. The first kappa shape index (κ1) is 19.2. The molecule has 0 spiro atoms. The van der Waals surface area contributed by atoms with E-state index in [9.17, 15) is 14.4 Å². The van der Waals surface area contributed by atoms with Gasteiger partial charge in [0, 0.05) is 16.9 Å². The largest absolute Gasteiger partial charge is 0.457 e. The molecule has 2 heterocycles.